The quantitative estimate of drug-likeness (QED) is 0.0336. The highest BCUT2D eigenvalue weighted by Gasteiger charge is 2.47. The minimum atomic E-state index is -4.04. The fourth-order valence-electron chi connectivity index (χ4n) is 13.0. The second-order valence-corrected chi connectivity index (χ2v) is 25.9. The van der Waals surface area contributed by atoms with E-state index in [0.717, 1.165) is 35.5 Å². The number of piperidine rings is 2. The molecular weight excluding hydrogens is 1230 g/mol. The number of thiophene rings is 1. The second-order valence-electron chi connectivity index (χ2n) is 24.2. The van der Waals surface area contributed by atoms with Crippen LogP contribution in [0.4, 0.5) is 8.78 Å². The van der Waals surface area contributed by atoms with E-state index in [1.54, 1.807) is 41.3 Å². The van der Waals surface area contributed by atoms with Crippen molar-refractivity contribution in [1.82, 2.24) is 46.2 Å². The van der Waals surface area contributed by atoms with E-state index in [-0.39, 0.29) is 91.6 Å². The number of nitrogens with one attached hydrogen (secondary N) is 5. The zero-order valence-corrected chi connectivity index (χ0v) is 52.5. The molecule has 0 aliphatic carbocycles. The largest absolute Gasteiger partial charge is 0.389 e. The van der Waals surface area contributed by atoms with Crippen LogP contribution in [0.2, 0.25) is 0 Å². The van der Waals surface area contributed by atoms with Crippen molar-refractivity contribution in [3.8, 4) is 11.8 Å². The molecule has 0 saturated carbocycles. The fraction of sp³-hybridized carbons (Fsp3) is 0.500. The van der Waals surface area contributed by atoms with Crippen molar-refractivity contribution in [2.24, 2.45) is 11.7 Å². The van der Waals surface area contributed by atoms with Crippen molar-refractivity contribution in [3.05, 3.63) is 105 Å². The molecule has 6 atom stereocenters. The summed E-state index contributed by atoms with van der Waals surface area (Å²) in [6.45, 7) is 4.99. The van der Waals surface area contributed by atoms with Gasteiger partial charge >= 0.3 is 14.7 Å². The van der Waals surface area contributed by atoms with Crippen LogP contribution in [0.25, 0.3) is 10.1 Å². The number of fused-ring (bicyclic) bond motifs is 3. The zero-order valence-electron chi connectivity index (χ0n) is 50.8. The van der Waals surface area contributed by atoms with Crippen molar-refractivity contribution in [3.63, 3.8) is 0 Å². The number of halogens is 2. The smallest absolute Gasteiger partial charge is 0.381 e. The van der Waals surface area contributed by atoms with Gasteiger partial charge in [0.1, 0.15) is 30.2 Å². The van der Waals surface area contributed by atoms with Crippen LogP contribution in [0.15, 0.2) is 66.7 Å². The van der Waals surface area contributed by atoms with Crippen LogP contribution in [0, 0.1) is 17.8 Å². The third kappa shape index (κ3) is 16.1. The molecule has 92 heavy (non-hydrogen) atoms. The van der Waals surface area contributed by atoms with Gasteiger partial charge < -0.3 is 61.1 Å². The Bertz CT molecular complexity index is 3550. The number of carbonyl (C=O) groups excluding carboxylic acids is 10. The van der Waals surface area contributed by atoms with E-state index in [9.17, 15) is 56.7 Å². The summed E-state index contributed by atoms with van der Waals surface area (Å²) in [4.78, 5) is 162. The van der Waals surface area contributed by atoms with Crippen LogP contribution in [-0.4, -0.2) is 177 Å². The summed E-state index contributed by atoms with van der Waals surface area (Å²) < 4.78 is 39.2. The van der Waals surface area contributed by atoms with Crippen LogP contribution in [0.1, 0.15) is 143 Å². The molecule has 3 aromatic carbocycles. The molecule has 24 nitrogen and oxygen atoms in total. The molecule has 5 fully saturated rings. The molecule has 9 N–H and O–H groups in total. The molecule has 4 aromatic rings. The monoisotopic (exact) mass is 1310 g/mol. The van der Waals surface area contributed by atoms with Crippen molar-refractivity contribution in [2.45, 2.75) is 152 Å². The number of benzene rings is 3. The maximum atomic E-state index is 14.8. The number of likely N-dealkylation sites (tertiary alicyclic amines) is 1. The highest BCUT2D eigenvalue weighted by Crippen LogP contribution is 2.43. The Hall–Kier alpha value is -7.83. The molecule has 490 valence electrons. The number of nitrogens with two attached hydrogens (primary N) is 1. The molecule has 6 aliphatic heterocycles. The number of hydrogen-bond acceptors (Lipinski definition) is 16. The number of rotatable bonds is 21. The van der Waals surface area contributed by atoms with Crippen LogP contribution in [0.5, 0.6) is 0 Å². The summed E-state index contributed by atoms with van der Waals surface area (Å²) in [6.07, 6.45) is 0.692. The molecule has 1 unspecified atom stereocenters. The Kier molecular flexibility index (Phi) is 21.8. The van der Waals surface area contributed by atoms with E-state index in [2.05, 4.69) is 42.9 Å². The van der Waals surface area contributed by atoms with Gasteiger partial charge in [0.15, 0.2) is 0 Å². The molecule has 6 aliphatic rings. The lowest BCUT2D eigenvalue weighted by molar-refractivity contribution is -0.189. The molecule has 10 amide bonds. The Morgan fingerprint density at radius 1 is 0.880 bits per heavy atom. The minimum absolute atomic E-state index is 0.0172. The third-order valence-corrected chi connectivity index (χ3v) is 19.7. The van der Waals surface area contributed by atoms with Gasteiger partial charge in [-0.2, -0.15) is 8.78 Å². The van der Waals surface area contributed by atoms with Crippen LogP contribution in [0.3, 0.4) is 0 Å². The van der Waals surface area contributed by atoms with Crippen LogP contribution >= 0.6 is 19.9 Å². The van der Waals surface area contributed by atoms with Gasteiger partial charge in [0.05, 0.1) is 10.4 Å². The number of nitrogens with zero attached hydrogens (tertiary/aromatic N) is 4. The number of ether oxygens (including phenoxy) is 1. The van der Waals surface area contributed by atoms with Gasteiger partial charge in [0.25, 0.3) is 17.7 Å². The molecule has 28 heteroatoms. The Labute approximate surface area is 535 Å². The number of carbonyl (C=O) groups is 10. The van der Waals surface area contributed by atoms with E-state index >= 15 is 0 Å². The summed E-state index contributed by atoms with van der Waals surface area (Å²) in [5.41, 5.74) is 7.84. The van der Waals surface area contributed by atoms with E-state index in [4.69, 9.17) is 20.3 Å². The van der Waals surface area contributed by atoms with Crippen LogP contribution < -0.4 is 32.3 Å². The predicted octanol–water partition coefficient (Wildman–Crippen LogP) is 3.58. The lowest BCUT2D eigenvalue weighted by atomic mass is 9.91. The highest BCUT2D eigenvalue weighted by molar-refractivity contribution is 7.39. The Morgan fingerprint density at radius 2 is 1.64 bits per heavy atom. The van der Waals surface area contributed by atoms with Gasteiger partial charge in [-0.05, 0) is 142 Å². The first kappa shape index (κ1) is 67.1. The fourth-order valence-corrected chi connectivity index (χ4v) is 14.3. The first-order valence-corrected chi connectivity index (χ1v) is 33.2. The van der Waals surface area contributed by atoms with E-state index < -0.39 is 97.9 Å². The third-order valence-electron chi connectivity index (χ3n) is 18.2. The average molecular weight is 1310 g/mol. The Balaban J connectivity index is 0.813. The summed E-state index contributed by atoms with van der Waals surface area (Å²) in [5.74, 6) is 1.38. The molecule has 0 radical (unpaired) electrons. The van der Waals surface area contributed by atoms with Gasteiger partial charge in [0.2, 0.25) is 41.4 Å². The van der Waals surface area contributed by atoms with Crippen molar-refractivity contribution in [1.29, 1.82) is 0 Å². The molecule has 0 spiro atoms. The van der Waals surface area contributed by atoms with Gasteiger partial charge in [-0.25, -0.2) is 4.52 Å². The summed E-state index contributed by atoms with van der Waals surface area (Å²) in [7, 11) is -3.39. The zero-order chi connectivity index (χ0) is 65.4. The number of imide groups is 1. The van der Waals surface area contributed by atoms with Crippen molar-refractivity contribution in [2.75, 3.05) is 45.9 Å². The lowest BCUT2D eigenvalue weighted by Crippen LogP contribution is -2.62. The maximum Gasteiger partial charge on any atom is 0.389 e. The summed E-state index contributed by atoms with van der Waals surface area (Å²) in [5, 5.41) is 14.1. The SMILES string of the molecule is CCN1CC[C@H]2CC[C@@H](C(=O)N[C@@H](CCC(N)=O)C(=O)N[C@@H](Cc3ccc(C(=O)NC4CCOCC4)cc3)C(=O)N3CCC(CCC#Cc4cccc5c4CN(C4CCC(=O)NC4=O)C5=O)CC3)N2C(=O)[C@@H](NC(=O)c2cc3cc(C(F)(F)OP(O)O)ccc3s2)C1. The van der Waals surface area contributed by atoms with E-state index in [1.807, 2.05) is 17.9 Å². The molecular formula is C64H75F2N10O14PS. The van der Waals surface area contributed by atoms with Gasteiger partial charge in [0, 0.05) is 105 Å². The summed E-state index contributed by atoms with van der Waals surface area (Å²) >= 11 is 0.982. The summed E-state index contributed by atoms with van der Waals surface area (Å²) in [6, 6.07) is 10.7. The van der Waals surface area contributed by atoms with E-state index in [1.165, 1.54) is 21.9 Å². The van der Waals surface area contributed by atoms with Gasteiger partial charge in [-0.15, -0.1) is 11.3 Å². The average Bonchev–Trinajstić information content (AvgIpc) is 1.71. The Morgan fingerprint density at radius 3 is 2.36 bits per heavy atom. The van der Waals surface area contributed by atoms with Crippen molar-refractivity contribution >= 4 is 89.1 Å². The van der Waals surface area contributed by atoms with Gasteiger partial charge in [-0.3, -0.25) is 53.3 Å². The number of hydrogen-bond donors (Lipinski definition) is 8. The molecule has 1 aromatic heterocycles. The van der Waals surface area contributed by atoms with E-state index in [0.29, 0.717) is 111 Å². The lowest BCUT2D eigenvalue weighted by Gasteiger charge is -2.38. The van der Waals surface area contributed by atoms with Crippen LogP contribution in [-0.2, 0) is 61.9 Å². The number of likely N-dealkylation sites (N-methyl/N-ethyl adjacent to an activating group) is 1. The number of alkyl halides is 2. The molecule has 10 rings (SSSR count). The first-order valence-electron chi connectivity index (χ1n) is 31.2. The maximum absolute atomic E-state index is 14.8. The minimum Gasteiger partial charge on any atom is -0.381 e. The molecule has 5 saturated heterocycles. The normalized spacial score (nSPS) is 21.5. The van der Waals surface area contributed by atoms with Crippen molar-refractivity contribution < 1.29 is 75.8 Å². The molecule has 0 bridgehead atoms. The van der Waals surface area contributed by atoms with Gasteiger partial charge in [-0.1, -0.05) is 37.0 Å². The molecule has 7 heterocycles. The number of amides is 10. The standard InChI is InChI=1S/C64H75F2N10O14PS/c1-2-73-27-24-44-15-17-51(76(44)63(86)49(36-73)71-60(83)53-34-41-33-42(14-19-52(41)92-53)64(65,66)90-91(87)88)59(82)69-47(16-20-54(67)77)57(80)70-48(32-38-10-12-40(13-11-38)56(79)68-43-25-30-89-31-26-43)62(85)74-28-22-37(23-29-74)6-3-4-7-39-8-5-9-45-46(39)35-75(61(45)84)50-18-21-55(78)72-58(50)81/h5,8-14,19,33-34,37,43-44,47-51,87-88H,2-3,6,15-18,20-32,35-36H2,1H3,(H2,67,77)(H,68,79)(H,69,82)(H,70,80)(H,71,83)(H,72,78,81)/t44-,47+,48+,49+,50?,51+/m1/s1. The number of primary amides is 1. The first-order chi connectivity index (χ1) is 44.1. The topological polar surface area (TPSA) is 329 Å². The second kappa shape index (κ2) is 29.8. The predicted molar refractivity (Wildman–Crippen MR) is 331 cm³/mol. The highest BCUT2D eigenvalue weighted by atomic mass is 32.1.